The van der Waals surface area contributed by atoms with Gasteiger partial charge >= 0.3 is 0 Å². The molecule has 0 spiro atoms. The minimum absolute atomic E-state index is 0.0525. The van der Waals surface area contributed by atoms with Crippen molar-refractivity contribution in [2.24, 2.45) is 14.1 Å². The minimum Gasteiger partial charge on any atom is -0.348 e. The molecule has 4 aromatic heterocycles. The van der Waals surface area contributed by atoms with E-state index in [2.05, 4.69) is 15.4 Å². The van der Waals surface area contributed by atoms with E-state index in [-0.39, 0.29) is 37.4 Å². The number of hydrogen-bond acceptors (Lipinski definition) is 6. The zero-order valence-corrected chi connectivity index (χ0v) is 27.2. The Hall–Kier alpha value is -4.87. The van der Waals surface area contributed by atoms with Crippen LogP contribution in [-0.4, -0.2) is 64.4 Å². The molecule has 0 saturated carbocycles. The minimum atomic E-state index is -1.46. The van der Waals surface area contributed by atoms with Gasteiger partial charge in [-0.2, -0.15) is 5.10 Å². The summed E-state index contributed by atoms with van der Waals surface area (Å²) in [5, 5.41) is 7.54. The first kappa shape index (κ1) is 33.0. The molecule has 0 atom stereocenters. The zero-order valence-electron chi connectivity index (χ0n) is 27.2. The van der Waals surface area contributed by atoms with Gasteiger partial charge in [-0.25, -0.2) is 14.4 Å². The number of aromatic nitrogens is 6. The predicted octanol–water partition coefficient (Wildman–Crippen LogP) is 4.54. The Bertz CT molecular complexity index is 1900. The quantitative estimate of drug-likeness (QED) is 0.299. The summed E-state index contributed by atoms with van der Waals surface area (Å²) in [6.45, 7) is 11.1. The van der Waals surface area contributed by atoms with E-state index in [4.69, 9.17) is 4.98 Å². The maximum atomic E-state index is 14.1. The first-order valence-corrected chi connectivity index (χ1v) is 15.2. The van der Waals surface area contributed by atoms with Crippen LogP contribution in [0.1, 0.15) is 56.1 Å². The van der Waals surface area contributed by atoms with Gasteiger partial charge in [-0.3, -0.25) is 23.6 Å². The van der Waals surface area contributed by atoms with Crippen LogP contribution >= 0.6 is 0 Å². The molecule has 0 radical (unpaired) electrons. The van der Waals surface area contributed by atoms with Gasteiger partial charge < -0.3 is 14.8 Å². The monoisotopic (exact) mass is 616 g/mol. The van der Waals surface area contributed by atoms with Gasteiger partial charge in [-0.15, -0.1) is 0 Å². The molecule has 1 N–H and O–H groups in total. The maximum Gasteiger partial charge on any atom is 0.265 e. The van der Waals surface area contributed by atoms with E-state index in [1.54, 1.807) is 10.9 Å². The lowest BCUT2D eigenvalue weighted by Gasteiger charge is -2.42. The first-order chi connectivity index (χ1) is 21.5. The van der Waals surface area contributed by atoms with Crippen LogP contribution in [0, 0.1) is 6.92 Å². The Morgan fingerprint density at radius 3 is 2.31 bits per heavy atom. The molecule has 12 heteroatoms. The molecule has 1 aliphatic rings. The van der Waals surface area contributed by atoms with Gasteiger partial charge in [0.15, 0.2) is 0 Å². The number of halogens is 1. The van der Waals surface area contributed by atoms with Gasteiger partial charge in [0.25, 0.3) is 11.5 Å². The number of nitrogens with one attached hydrogen (secondary N) is 1. The van der Waals surface area contributed by atoms with Crippen molar-refractivity contribution in [2.75, 3.05) is 13.1 Å². The molecule has 45 heavy (non-hydrogen) atoms. The van der Waals surface area contributed by atoms with Crippen LogP contribution in [-0.2, 0) is 32.0 Å². The first-order valence-electron chi connectivity index (χ1n) is 15.2. The SMILES string of the molecule is CC.CC.Cc1ccc(CNC(=O)c2cc3c4c(cnc3n(CC(=O)N3CC(C)(F)C3)c2=O)nc(-c2cnn(C)c2)n4C)cc1. The third kappa shape index (κ3) is 6.64. The Labute approximate surface area is 261 Å². The predicted molar refractivity (Wildman–Crippen MR) is 174 cm³/mol. The van der Waals surface area contributed by atoms with E-state index >= 15 is 0 Å². The molecule has 1 aromatic carbocycles. The van der Waals surface area contributed by atoms with Crippen molar-refractivity contribution in [3.8, 4) is 11.4 Å². The van der Waals surface area contributed by atoms with Crippen molar-refractivity contribution in [3.05, 3.63) is 76.0 Å². The summed E-state index contributed by atoms with van der Waals surface area (Å²) in [6.07, 6.45) is 5.07. The van der Waals surface area contributed by atoms with Gasteiger partial charge in [-0.05, 0) is 25.5 Å². The topological polar surface area (TPSA) is 120 Å². The number of imidazole rings is 1. The molecular formula is C33H41FN8O3. The van der Waals surface area contributed by atoms with Crippen LogP contribution < -0.4 is 10.9 Å². The van der Waals surface area contributed by atoms with E-state index in [1.807, 2.05) is 83.7 Å². The number of aryl methyl sites for hydroxylation is 3. The number of benzene rings is 1. The van der Waals surface area contributed by atoms with Gasteiger partial charge in [0.1, 0.15) is 34.8 Å². The van der Waals surface area contributed by atoms with Gasteiger partial charge in [-0.1, -0.05) is 57.5 Å². The maximum absolute atomic E-state index is 14.1. The van der Waals surface area contributed by atoms with Crippen molar-refractivity contribution in [2.45, 2.75) is 60.3 Å². The van der Waals surface area contributed by atoms with Crippen molar-refractivity contribution < 1.29 is 14.0 Å². The number of carbonyl (C=O) groups is 2. The molecule has 1 fully saturated rings. The summed E-state index contributed by atoms with van der Waals surface area (Å²) in [5.41, 5.74) is 1.94. The smallest absolute Gasteiger partial charge is 0.265 e. The van der Waals surface area contributed by atoms with Crippen LogP contribution in [0.5, 0.6) is 0 Å². The second-order valence-electron chi connectivity index (χ2n) is 10.9. The van der Waals surface area contributed by atoms with Gasteiger partial charge in [0.2, 0.25) is 5.91 Å². The van der Waals surface area contributed by atoms with E-state index in [0.29, 0.717) is 22.2 Å². The summed E-state index contributed by atoms with van der Waals surface area (Å²) in [4.78, 5) is 50.8. The fraction of sp³-hybridized carbons (Fsp3) is 0.394. The summed E-state index contributed by atoms with van der Waals surface area (Å²) in [5.74, 6) is -0.376. The summed E-state index contributed by atoms with van der Waals surface area (Å²) in [7, 11) is 3.64. The Morgan fingerprint density at radius 2 is 1.71 bits per heavy atom. The Balaban J connectivity index is 0.00000111. The highest BCUT2D eigenvalue weighted by molar-refractivity contribution is 6.06. The molecular weight excluding hydrogens is 575 g/mol. The summed E-state index contributed by atoms with van der Waals surface area (Å²) < 4.78 is 18.8. The number of alkyl halides is 1. The van der Waals surface area contributed by atoms with Crippen molar-refractivity contribution in [1.29, 1.82) is 0 Å². The van der Waals surface area contributed by atoms with E-state index in [1.165, 1.54) is 28.7 Å². The second-order valence-corrected chi connectivity index (χ2v) is 10.9. The highest BCUT2D eigenvalue weighted by Crippen LogP contribution is 2.29. The van der Waals surface area contributed by atoms with Crippen LogP contribution in [0.2, 0.25) is 0 Å². The third-order valence-corrected chi connectivity index (χ3v) is 7.42. The number of pyridine rings is 2. The molecule has 2 amide bonds. The van der Waals surface area contributed by atoms with E-state index < -0.39 is 23.0 Å². The molecule has 0 unspecified atom stereocenters. The number of nitrogens with zero attached hydrogens (tertiary/aromatic N) is 7. The van der Waals surface area contributed by atoms with Crippen LogP contribution in [0.4, 0.5) is 4.39 Å². The Morgan fingerprint density at radius 1 is 1.04 bits per heavy atom. The number of hydrogen-bond donors (Lipinski definition) is 1. The zero-order chi connectivity index (χ0) is 33.1. The highest BCUT2D eigenvalue weighted by atomic mass is 19.1. The molecule has 0 aliphatic carbocycles. The molecule has 238 valence electrons. The fourth-order valence-electron chi connectivity index (χ4n) is 5.27. The van der Waals surface area contributed by atoms with Crippen LogP contribution in [0.25, 0.3) is 33.5 Å². The standard InChI is InChI=1S/C29H29FN8O3.2C2H6/c1-17-5-7-18(8-6-17)10-32-27(40)21-9-20-24-22(34-25(36(24)4)19-11-33-35(3)13-19)12-31-26(20)38(28(21)41)14-23(39)37-15-29(2,30)16-37;2*1-2/h5-9,11-13H,10,14-16H2,1-4H3,(H,32,40);2*1-2H3. The Kier molecular flexibility index (Phi) is 9.84. The lowest BCUT2D eigenvalue weighted by Crippen LogP contribution is -2.60. The molecule has 1 aliphatic heterocycles. The molecule has 5 aromatic rings. The van der Waals surface area contributed by atoms with Crippen molar-refractivity contribution >= 4 is 33.9 Å². The molecule has 6 rings (SSSR count). The van der Waals surface area contributed by atoms with E-state index in [0.717, 1.165) is 16.7 Å². The average Bonchev–Trinajstić information content (AvgIpc) is 3.61. The summed E-state index contributed by atoms with van der Waals surface area (Å²) >= 11 is 0. The lowest BCUT2D eigenvalue weighted by molar-refractivity contribution is -0.144. The number of carbonyl (C=O) groups excluding carboxylic acids is 2. The normalized spacial score (nSPS) is 13.4. The molecule has 0 bridgehead atoms. The number of fused-ring (bicyclic) bond motifs is 3. The van der Waals surface area contributed by atoms with Crippen molar-refractivity contribution in [3.63, 3.8) is 0 Å². The molecule has 1 saturated heterocycles. The highest BCUT2D eigenvalue weighted by Gasteiger charge is 2.41. The van der Waals surface area contributed by atoms with Gasteiger partial charge in [0, 0.05) is 32.2 Å². The van der Waals surface area contributed by atoms with Crippen LogP contribution in [0.3, 0.4) is 0 Å². The lowest BCUT2D eigenvalue weighted by atomic mass is 9.99. The number of likely N-dealkylation sites (tertiary alicyclic amines) is 1. The third-order valence-electron chi connectivity index (χ3n) is 7.42. The van der Waals surface area contributed by atoms with Gasteiger partial charge in [0.05, 0.1) is 36.6 Å². The number of rotatable bonds is 6. The molecule has 11 nitrogen and oxygen atoms in total. The average molecular weight is 617 g/mol. The summed E-state index contributed by atoms with van der Waals surface area (Å²) in [6, 6.07) is 9.21. The van der Waals surface area contributed by atoms with E-state index in [9.17, 15) is 18.8 Å². The number of amides is 2. The fourth-order valence-corrected chi connectivity index (χ4v) is 5.27. The van der Waals surface area contributed by atoms with Crippen LogP contribution in [0.15, 0.2) is 53.7 Å². The largest absolute Gasteiger partial charge is 0.348 e. The second kappa shape index (κ2) is 13.4. The molecule has 5 heterocycles. The van der Waals surface area contributed by atoms with Crippen molar-refractivity contribution in [1.82, 2.24) is 39.1 Å².